The molecule has 86 valence electrons. The normalized spacial score (nSPS) is 13.4. The summed E-state index contributed by atoms with van der Waals surface area (Å²) in [6.07, 6.45) is 5.57. The van der Waals surface area contributed by atoms with Gasteiger partial charge < -0.3 is 9.88 Å². The second-order valence-corrected chi connectivity index (χ2v) is 4.49. The summed E-state index contributed by atoms with van der Waals surface area (Å²) in [6.45, 7) is 11.0. The molecule has 0 spiro atoms. The molecule has 0 aromatic carbocycles. The Morgan fingerprint density at radius 2 is 2.07 bits per heavy atom. The highest BCUT2D eigenvalue weighted by Crippen LogP contribution is 2.07. The molecule has 0 amide bonds. The van der Waals surface area contributed by atoms with Gasteiger partial charge in [0.25, 0.3) is 0 Å². The van der Waals surface area contributed by atoms with Crippen LogP contribution in [0.4, 0.5) is 0 Å². The fourth-order valence-electron chi connectivity index (χ4n) is 1.89. The van der Waals surface area contributed by atoms with E-state index in [0.717, 1.165) is 13.1 Å². The maximum atomic E-state index is 3.61. The second-order valence-electron chi connectivity index (χ2n) is 4.49. The molecule has 2 nitrogen and oxygen atoms in total. The van der Waals surface area contributed by atoms with Gasteiger partial charge in [-0.25, -0.2) is 0 Å². The minimum absolute atomic E-state index is 0.634. The quantitative estimate of drug-likeness (QED) is 0.760. The number of nitrogens with one attached hydrogen (secondary N) is 1. The topological polar surface area (TPSA) is 17.0 Å². The molecule has 0 radical (unpaired) electrons. The van der Waals surface area contributed by atoms with Crippen LogP contribution in [0.3, 0.4) is 0 Å². The molecule has 15 heavy (non-hydrogen) atoms. The highest BCUT2D eigenvalue weighted by Gasteiger charge is 2.09. The molecule has 1 unspecified atom stereocenters. The Balaban J connectivity index is 2.41. The first-order chi connectivity index (χ1) is 7.17. The van der Waals surface area contributed by atoms with Crippen LogP contribution in [-0.4, -0.2) is 10.6 Å². The van der Waals surface area contributed by atoms with Crippen LogP contribution in [-0.2, 0) is 13.1 Å². The Kier molecular flexibility index (Phi) is 4.89. The number of aryl methyl sites for hydroxylation is 1. The first kappa shape index (κ1) is 12.3. The van der Waals surface area contributed by atoms with Crippen molar-refractivity contribution in [3.63, 3.8) is 0 Å². The summed E-state index contributed by atoms with van der Waals surface area (Å²) in [6, 6.07) is 2.83. The van der Waals surface area contributed by atoms with Gasteiger partial charge >= 0.3 is 0 Å². The van der Waals surface area contributed by atoms with Crippen LogP contribution in [0.15, 0.2) is 18.5 Å². The predicted molar refractivity (Wildman–Crippen MR) is 65.9 cm³/mol. The molecular weight excluding hydrogens is 184 g/mol. The molecule has 1 aromatic heterocycles. The van der Waals surface area contributed by atoms with E-state index in [-0.39, 0.29) is 0 Å². The maximum absolute atomic E-state index is 3.61. The van der Waals surface area contributed by atoms with Crippen molar-refractivity contribution in [2.24, 2.45) is 5.92 Å². The summed E-state index contributed by atoms with van der Waals surface area (Å²) in [5.41, 5.74) is 1.39. The van der Waals surface area contributed by atoms with E-state index in [1.807, 2.05) is 0 Å². The SMILES string of the molecule is CCC(NCc1ccn(CC)c1)C(C)C. The zero-order chi connectivity index (χ0) is 11.3. The molecule has 1 N–H and O–H groups in total. The molecule has 2 heteroatoms. The summed E-state index contributed by atoms with van der Waals surface area (Å²) >= 11 is 0. The Morgan fingerprint density at radius 1 is 1.33 bits per heavy atom. The van der Waals surface area contributed by atoms with E-state index in [4.69, 9.17) is 0 Å². The van der Waals surface area contributed by atoms with E-state index in [2.05, 4.69) is 56.0 Å². The lowest BCUT2D eigenvalue weighted by Crippen LogP contribution is -2.32. The Labute approximate surface area is 93.7 Å². The number of hydrogen-bond acceptors (Lipinski definition) is 1. The van der Waals surface area contributed by atoms with Crippen molar-refractivity contribution in [3.05, 3.63) is 24.0 Å². The van der Waals surface area contributed by atoms with E-state index < -0.39 is 0 Å². The summed E-state index contributed by atoms with van der Waals surface area (Å²) in [5, 5.41) is 3.61. The van der Waals surface area contributed by atoms with Crippen LogP contribution in [0.1, 0.15) is 39.7 Å². The standard InChI is InChI=1S/C13H24N2/c1-5-13(11(3)4)14-9-12-7-8-15(6-2)10-12/h7-8,10-11,13-14H,5-6,9H2,1-4H3. The summed E-state index contributed by atoms with van der Waals surface area (Å²) < 4.78 is 2.22. The fourth-order valence-corrected chi connectivity index (χ4v) is 1.89. The summed E-state index contributed by atoms with van der Waals surface area (Å²) in [5.74, 6) is 0.711. The van der Waals surface area contributed by atoms with Gasteiger partial charge in [-0.3, -0.25) is 0 Å². The minimum atomic E-state index is 0.634. The van der Waals surface area contributed by atoms with E-state index in [0.29, 0.717) is 12.0 Å². The van der Waals surface area contributed by atoms with Crippen molar-refractivity contribution >= 4 is 0 Å². The van der Waals surface area contributed by atoms with Crippen LogP contribution in [0.2, 0.25) is 0 Å². The molecule has 0 saturated carbocycles. The lowest BCUT2D eigenvalue weighted by atomic mass is 10.0. The lowest BCUT2D eigenvalue weighted by molar-refractivity contribution is 0.387. The Morgan fingerprint density at radius 3 is 2.53 bits per heavy atom. The molecule has 0 bridgehead atoms. The number of aromatic nitrogens is 1. The first-order valence-corrected chi connectivity index (χ1v) is 6.05. The minimum Gasteiger partial charge on any atom is -0.354 e. The third kappa shape index (κ3) is 3.71. The Bertz CT molecular complexity index is 276. The number of rotatable bonds is 6. The molecule has 1 rings (SSSR count). The van der Waals surface area contributed by atoms with Gasteiger partial charge in [0.1, 0.15) is 0 Å². The van der Waals surface area contributed by atoms with Crippen LogP contribution < -0.4 is 5.32 Å². The highest BCUT2D eigenvalue weighted by molar-refractivity contribution is 5.10. The number of hydrogen-bond donors (Lipinski definition) is 1. The van der Waals surface area contributed by atoms with Crippen molar-refractivity contribution in [3.8, 4) is 0 Å². The highest BCUT2D eigenvalue weighted by atomic mass is 14.9. The third-order valence-corrected chi connectivity index (χ3v) is 2.99. The predicted octanol–water partition coefficient (Wildman–Crippen LogP) is 3.03. The van der Waals surface area contributed by atoms with E-state index in [1.165, 1.54) is 12.0 Å². The van der Waals surface area contributed by atoms with Gasteiger partial charge in [0, 0.05) is 31.5 Å². The first-order valence-electron chi connectivity index (χ1n) is 6.05. The van der Waals surface area contributed by atoms with E-state index in [1.54, 1.807) is 0 Å². The van der Waals surface area contributed by atoms with Gasteiger partial charge in [0.15, 0.2) is 0 Å². The van der Waals surface area contributed by atoms with Crippen molar-refractivity contribution in [1.82, 2.24) is 9.88 Å². The average molecular weight is 208 g/mol. The van der Waals surface area contributed by atoms with E-state index in [9.17, 15) is 0 Å². The molecule has 0 saturated heterocycles. The fraction of sp³-hybridized carbons (Fsp3) is 0.692. The van der Waals surface area contributed by atoms with Gasteiger partial charge in [-0.05, 0) is 30.9 Å². The van der Waals surface area contributed by atoms with Crippen molar-refractivity contribution in [1.29, 1.82) is 0 Å². The van der Waals surface area contributed by atoms with Crippen molar-refractivity contribution in [2.45, 2.75) is 53.2 Å². The summed E-state index contributed by atoms with van der Waals surface area (Å²) in [7, 11) is 0. The molecule has 0 aliphatic carbocycles. The zero-order valence-electron chi connectivity index (χ0n) is 10.5. The Hall–Kier alpha value is -0.760. The molecule has 1 atom stereocenters. The van der Waals surface area contributed by atoms with Gasteiger partial charge in [-0.15, -0.1) is 0 Å². The maximum Gasteiger partial charge on any atom is 0.0223 e. The molecule has 0 aliphatic heterocycles. The van der Waals surface area contributed by atoms with Gasteiger partial charge in [-0.2, -0.15) is 0 Å². The van der Waals surface area contributed by atoms with Crippen LogP contribution >= 0.6 is 0 Å². The lowest BCUT2D eigenvalue weighted by Gasteiger charge is -2.20. The van der Waals surface area contributed by atoms with Crippen LogP contribution in [0.5, 0.6) is 0 Å². The molecule has 1 heterocycles. The number of nitrogens with zero attached hydrogens (tertiary/aromatic N) is 1. The molecule has 0 fully saturated rings. The third-order valence-electron chi connectivity index (χ3n) is 2.99. The van der Waals surface area contributed by atoms with Gasteiger partial charge in [0.05, 0.1) is 0 Å². The largest absolute Gasteiger partial charge is 0.354 e. The zero-order valence-corrected chi connectivity index (χ0v) is 10.5. The van der Waals surface area contributed by atoms with Crippen LogP contribution in [0.25, 0.3) is 0 Å². The van der Waals surface area contributed by atoms with Gasteiger partial charge in [0.2, 0.25) is 0 Å². The molecule has 0 aliphatic rings. The van der Waals surface area contributed by atoms with Crippen molar-refractivity contribution < 1.29 is 0 Å². The van der Waals surface area contributed by atoms with Crippen LogP contribution in [0, 0.1) is 5.92 Å². The summed E-state index contributed by atoms with van der Waals surface area (Å²) in [4.78, 5) is 0. The van der Waals surface area contributed by atoms with Gasteiger partial charge in [-0.1, -0.05) is 20.8 Å². The monoisotopic (exact) mass is 208 g/mol. The second kappa shape index (κ2) is 5.96. The molecule has 1 aromatic rings. The van der Waals surface area contributed by atoms with Crippen molar-refractivity contribution in [2.75, 3.05) is 0 Å². The smallest absolute Gasteiger partial charge is 0.0223 e. The average Bonchev–Trinajstić information content (AvgIpc) is 2.66. The van der Waals surface area contributed by atoms with E-state index >= 15 is 0 Å². The molecular formula is C13H24N2.